The molecule has 1 amide bonds. The Morgan fingerprint density at radius 3 is 2.79 bits per heavy atom. The average Bonchev–Trinajstić information content (AvgIpc) is 3.08. The van der Waals surface area contributed by atoms with Gasteiger partial charge in [0.05, 0.1) is 0 Å². The van der Waals surface area contributed by atoms with Crippen LogP contribution in [0.1, 0.15) is 32.9 Å². The van der Waals surface area contributed by atoms with E-state index in [0.717, 1.165) is 28.9 Å². The van der Waals surface area contributed by atoms with Crippen LogP contribution >= 0.6 is 23.1 Å². The molecule has 6 heteroatoms. The van der Waals surface area contributed by atoms with Gasteiger partial charge >= 0.3 is 5.97 Å². The third-order valence-corrected chi connectivity index (χ3v) is 6.93. The van der Waals surface area contributed by atoms with Crippen LogP contribution in [0.25, 0.3) is 0 Å². The molecule has 2 atom stereocenters. The predicted molar refractivity (Wildman–Crippen MR) is 95.5 cm³/mol. The van der Waals surface area contributed by atoms with E-state index in [1.807, 2.05) is 35.7 Å². The first-order valence-electron chi connectivity index (χ1n) is 7.96. The molecule has 0 saturated carbocycles. The second kappa shape index (κ2) is 6.26. The molecule has 2 aliphatic heterocycles. The first kappa shape index (κ1) is 15.7. The van der Waals surface area contributed by atoms with Gasteiger partial charge in [-0.25, -0.2) is 4.79 Å². The molecule has 2 unspecified atom stereocenters. The number of amides is 1. The molecule has 4 nitrogen and oxygen atoms in total. The number of aliphatic carboxylic acids is 1. The lowest BCUT2D eigenvalue weighted by Gasteiger charge is -2.37. The van der Waals surface area contributed by atoms with E-state index in [-0.39, 0.29) is 11.2 Å². The monoisotopic (exact) mass is 359 g/mol. The van der Waals surface area contributed by atoms with E-state index in [9.17, 15) is 14.7 Å². The van der Waals surface area contributed by atoms with Gasteiger partial charge in [-0.1, -0.05) is 24.3 Å². The first-order chi connectivity index (χ1) is 11.7. The fourth-order valence-electron chi connectivity index (χ4n) is 3.57. The minimum Gasteiger partial charge on any atom is -0.479 e. The largest absolute Gasteiger partial charge is 0.479 e. The van der Waals surface area contributed by atoms with Gasteiger partial charge in [0.15, 0.2) is 6.04 Å². The van der Waals surface area contributed by atoms with Gasteiger partial charge in [0.2, 0.25) is 5.91 Å². The second-order valence-corrected chi connectivity index (χ2v) is 8.23. The molecular weight excluding hydrogens is 342 g/mol. The summed E-state index contributed by atoms with van der Waals surface area (Å²) in [7, 11) is 0. The number of fused-ring (bicyclic) bond motifs is 2. The molecule has 0 aliphatic carbocycles. The SMILES string of the molecule is O=C(O)C1c2ccccc2CCN1C(=O)C1SCCc2sccc21. The van der Waals surface area contributed by atoms with Gasteiger partial charge in [-0.15, -0.1) is 23.1 Å². The number of hydrogen-bond donors (Lipinski definition) is 1. The molecule has 0 radical (unpaired) electrons. The Morgan fingerprint density at radius 1 is 1.12 bits per heavy atom. The Morgan fingerprint density at radius 2 is 1.96 bits per heavy atom. The smallest absolute Gasteiger partial charge is 0.331 e. The van der Waals surface area contributed by atoms with Crippen LogP contribution in [0.2, 0.25) is 0 Å². The van der Waals surface area contributed by atoms with Crippen LogP contribution in [0.4, 0.5) is 0 Å². The van der Waals surface area contributed by atoms with Crippen molar-refractivity contribution in [2.45, 2.75) is 24.1 Å². The molecule has 1 N–H and O–H groups in total. The summed E-state index contributed by atoms with van der Waals surface area (Å²) in [6.07, 6.45) is 1.70. The zero-order chi connectivity index (χ0) is 16.7. The van der Waals surface area contributed by atoms with Crippen molar-refractivity contribution < 1.29 is 14.7 Å². The zero-order valence-corrected chi connectivity index (χ0v) is 14.6. The number of rotatable bonds is 2. The number of carbonyl (C=O) groups is 2. The van der Waals surface area contributed by atoms with E-state index in [1.54, 1.807) is 28.0 Å². The average molecular weight is 359 g/mol. The molecule has 0 fully saturated rings. The quantitative estimate of drug-likeness (QED) is 0.894. The Hall–Kier alpha value is -1.79. The van der Waals surface area contributed by atoms with Crippen molar-refractivity contribution in [3.8, 4) is 0 Å². The molecule has 1 aromatic heterocycles. The van der Waals surface area contributed by atoms with Crippen molar-refractivity contribution in [1.82, 2.24) is 4.90 Å². The predicted octanol–water partition coefficient (Wildman–Crippen LogP) is 3.29. The summed E-state index contributed by atoms with van der Waals surface area (Å²) in [5.74, 6) is -0.116. The highest BCUT2D eigenvalue weighted by Gasteiger charge is 2.40. The van der Waals surface area contributed by atoms with E-state index < -0.39 is 12.0 Å². The van der Waals surface area contributed by atoms with Crippen LogP contribution in [0, 0.1) is 0 Å². The topological polar surface area (TPSA) is 57.6 Å². The molecule has 1 aromatic carbocycles. The summed E-state index contributed by atoms with van der Waals surface area (Å²) in [5.41, 5.74) is 2.85. The Kier molecular flexibility index (Phi) is 4.10. The lowest BCUT2D eigenvalue weighted by Crippen LogP contribution is -2.45. The summed E-state index contributed by atoms with van der Waals surface area (Å²) < 4.78 is 0. The molecule has 2 aromatic rings. The number of carbonyl (C=O) groups excluding carboxylic acids is 1. The maximum absolute atomic E-state index is 13.2. The number of carboxylic acids is 1. The van der Waals surface area contributed by atoms with Crippen LogP contribution in [-0.2, 0) is 22.4 Å². The number of benzene rings is 1. The van der Waals surface area contributed by atoms with E-state index in [0.29, 0.717) is 13.0 Å². The van der Waals surface area contributed by atoms with Gasteiger partial charge in [0, 0.05) is 11.4 Å². The molecule has 4 rings (SSSR count). The van der Waals surface area contributed by atoms with E-state index in [1.165, 1.54) is 4.88 Å². The second-order valence-electron chi connectivity index (χ2n) is 6.02. The minimum atomic E-state index is -0.957. The van der Waals surface area contributed by atoms with Gasteiger partial charge in [0.25, 0.3) is 0 Å². The van der Waals surface area contributed by atoms with Gasteiger partial charge in [-0.3, -0.25) is 4.79 Å². The van der Waals surface area contributed by atoms with Crippen LogP contribution in [0.3, 0.4) is 0 Å². The number of aryl methyl sites for hydroxylation is 1. The van der Waals surface area contributed by atoms with E-state index in [4.69, 9.17) is 0 Å². The molecule has 24 heavy (non-hydrogen) atoms. The Bertz CT molecular complexity index is 801. The lowest BCUT2D eigenvalue weighted by molar-refractivity contribution is -0.151. The van der Waals surface area contributed by atoms with Gasteiger partial charge < -0.3 is 10.0 Å². The number of thiophene rings is 1. The molecule has 0 spiro atoms. The minimum absolute atomic E-state index is 0.0683. The Balaban J connectivity index is 1.69. The lowest BCUT2D eigenvalue weighted by atomic mass is 9.92. The highest BCUT2D eigenvalue weighted by molar-refractivity contribution is 8.00. The molecule has 124 valence electrons. The highest BCUT2D eigenvalue weighted by Crippen LogP contribution is 2.42. The van der Waals surface area contributed by atoms with Gasteiger partial charge in [-0.05, 0) is 46.7 Å². The van der Waals surface area contributed by atoms with Gasteiger partial charge in [0.1, 0.15) is 5.25 Å². The number of hydrogen-bond acceptors (Lipinski definition) is 4. The Labute approximate surface area is 148 Å². The molecule has 3 heterocycles. The van der Waals surface area contributed by atoms with Crippen molar-refractivity contribution in [2.75, 3.05) is 12.3 Å². The third kappa shape index (κ3) is 2.54. The van der Waals surface area contributed by atoms with Crippen LogP contribution < -0.4 is 0 Å². The molecule has 0 bridgehead atoms. The fraction of sp³-hybridized carbons (Fsp3) is 0.333. The fourth-order valence-corrected chi connectivity index (χ4v) is 5.93. The van der Waals surface area contributed by atoms with E-state index in [2.05, 4.69) is 0 Å². The maximum atomic E-state index is 13.2. The number of nitrogens with zero attached hydrogens (tertiary/aromatic N) is 1. The van der Waals surface area contributed by atoms with Crippen molar-refractivity contribution >= 4 is 35.0 Å². The summed E-state index contributed by atoms with van der Waals surface area (Å²) in [6, 6.07) is 8.69. The van der Waals surface area contributed by atoms with Crippen LogP contribution in [-0.4, -0.2) is 34.2 Å². The van der Waals surface area contributed by atoms with Crippen molar-refractivity contribution in [1.29, 1.82) is 0 Å². The number of thioether (sulfide) groups is 1. The van der Waals surface area contributed by atoms with Crippen molar-refractivity contribution in [3.63, 3.8) is 0 Å². The maximum Gasteiger partial charge on any atom is 0.331 e. The zero-order valence-electron chi connectivity index (χ0n) is 13.0. The molecule has 2 aliphatic rings. The summed E-state index contributed by atoms with van der Waals surface area (Å²) in [5, 5.41) is 11.5. The number of carboxylic acid groups (broad SMARTS) is 1. The molecule has 0 saturated heterocycles. The van der Waals surface area contributed by atoms with Crippen LogP contribution in [0.5, 0.6) is 0 Å². The summed E-state index contributed by atoms with van der Waals surface area (Å²) in [6.45, 7) is 0.462. The highest BCUT2D eigenvalue weighted by atomic mass is 32.2. The normalized spacial score (nSPS) is 22.6. The van der Waals surface area contributed by atoms with Crippen molar-refractivity contribution in [3.05, 3.63) is 57.3 Å². The first-order valence-corrected chi connectivity index (χ1v) is 9.88. The van der Waals surface area contributed by atoms with Crippen molar-refractivity contribution in [2.24, 2.45) is 0 Å². The van der Waals surface area contributed by atoms with Gasteiger partial charge in [-0.2, -0.15) is 0 Å². The van der Waals surface area contributed by atoms with E-state index >= 15 is 0 Å². The van der Waals surface area contributed by atoms with Crippen LogP contribution in [0.15, 0.2) is 35.7 Å². The summed E-state index contributed by atoms with van der Waals surface area (Å²) >= 11 is 3.32. The third-order valence-electron chi connectivity index (χ3n) is 4.70. The summed E-state index contributed by atoms with van der Waals surface area (Å²) in [4.78, 5) is 27.9. The molecular formula is C18H17NO3S2. The standard InChI is InChI=1S/C18H17NO3S2/c20-17(16-13-6-9-23-14(13)7-10-24-16)19-8-5-11-3-1-2-4-12(11)15(19)18(21)22/h1-4,6,9,15-16H,5,7-8,10H2,(H,21,22).